The van der Waals surface area contributed by atoms with Gasteiger partial charge in [0.05, 0.1) is 28.9 Å². The second-order valence-corrected chi connectivity index (χ2v) is 11.4. The summed E-state index contributed by atoms with van der Waals surface area (Å²) >= 11 is 1.34. The molecule has 0 spiro atoms. The van der Waals surface area contributed by atoms with Gasteiger partial charge in [-0.15, -0.1) is 0 Å². The van der Waals surface area contributed by atoms with Gasteiger partial charge in [-0.25, -0.2) is 9.79 Å². The van der Waals surface area contributed by atoms with Crippen molar-refractivity contribution in [3.05, 3.63) is 138 Å². The van der Waals surface area contributed by atoms with E-state index in [9.17, 15) is 14.7 Å². The average molecular weight is 575 g/mol. The third kappa shape index (κ3) is 4.31. The summed E-state index contributed by atoms with van der Waals surface area (Å²) in [6.07, 6.45) is 3.44. The zero-order chi connectivity index (χ0) is 29.0. The molecule has 0 saturated carbocycles. The molecule has 42 heavy (non-hydrogen) atoms. The molecule has 3 heterocycles. The third-order valence-corrected chi connectivity index (χ3v) is 8.94. The van der Waals surface area contributed by atoms with Crippen LogP contribution in [0.1, 0.15) is 50.8 Å². The highest BCUT2D eigenvalue weighted by molar-refractivity contribution is 7.07. The van der Waals surface area contributed by atoms with Crippen molar-refractivity contribution in [1.29, 1.82) is 0 Å². The first-order valence-corrected chi connectivity index (χ1v) is 14.4. The van der Waals surface area contributed by atoms with E-state index in [1.165, 1.54) is 16.9 Å². The molecule has 0 bridgehead atoms. The number of ether oxygens (including phenoxy) is 1. The number of thiazole rings is 1. The van der Waals surface area contributed by atoms with Crippen LogP contribution < -0.4 is 19.6 Å². The van der Waals surface area contributed by atoms with E-state index in [4.69, 9.17) is 14.1 Å². The molecule has 0 saturated heterocycles. The van der Waals surface area contributed by atoms with Crippen LogP contribution in [-0.4, -0.2) is 22.8 Å². The minimum absolute atomic E-state index is 0.132. The van der Waals surface area contributed by atoms with E-state index in [1.807, 2.05) is 37.3 Å². The summed E-state index contributed by atoms with van der Waals surface area (Å²) in [5.41, 5.74) is 7.10. The van der Waals surface area contributed by atoms with Crippen molar-refractivity contribution in [2.24, 2.45) is 4.99 Å². The predicted octanol–water partition coefficient (Wildman–Crippen LogP) is 5.59. The summed E-state index contributed by atoms with van der Waals surface area (Å²) in [4.78, 5) is 31.2. The first-order chi connectivity index (χ1) is 20.4. The van der Waals surface area contributed by atoms with Crippen LogP contribution in [0.3, 0.4) is 0 Å². The molecule has 1 aliphatic carbocycles. The molecule has 7 nitrogen and oxygen atoms in total. The molecule has 3 aromatic carbocycles. The van der Waals surface area contributed by atoms with E-state index in [2.05, 4.69) is 18.2 Å². The summed E-state index contributed by atoms with van der Waals surface area (Å²) in [5.74, 6) is 0.802. The zero-order valence-electron chi connectivity index (χ0n) is 23.0. The second kappa shape index (κ2) is 10.2. The van der Waals surface area contributed by atoms with Crippen molar-refractivity contribution in [2.75, 3.05) is 7.11 Å². The molecule has 0 unspecified atom stereocenters. The van der Waals surface area contributed by atoms with Gasteiger partial charge >= 0.3 is 5.97 Å². The van der Waals surface area contributed by atoms with Crippen molar-refractivity contribution in [3.63, 3.8) is 0 Å². The highest BCUT2D eigenvalue weighted by Crippen LogP contribution is 2.41. The van der Waals surface area contributed by atoms with E-state index >= 15 is 0 Å². The number of hydrogen-bond donors (Lipinski definition) is 1. The van der Waals surface area contributed by atoms with Gasteiger partial charge in [-0.2, -0.15) is 0 Å². The van der Waals surface area contributed by atoms with Crippen molar-refractivity contribution in [3.8, 4) is 17.1 Å². The van der Waals surface area contributed by atoms with Gasteiger partial charge in [0.15, 0.2) is 4.80 Å². The normalized spacial score (nSPS) is 16.0. The van der Waals surface area contributed by atoms with E-state index in [0.29, 0.717) is 26.4 Å². The molecule has 5 aromatic rings. The molecule has 1 N–H and O–H groups in total. The predicted molar refractivity (Wildman–Crippen MR) is 162 cm³/mol. The van der Waals surface area contributed by atoms with Gasteiger partial charge in [0.1, 0.15) is 17.3 Å². The molecule has 0 fully saturated rings. The van der Waals surface area contributed by atoms with Crippen LogP contribution in [0.2, 0.25) is 0 Å². The van der Waals surface area contributed by atoms with Gasteiger partial charge in [0.25, 0.3) is 5.56 Å². The van der Waals surface area contributed by atoms with Crippen molar-refractivity contribution in [1.82, 2.24) is 4.57 Å². The number of carbonyl (C=O) groups is 1. The van der Waals surface area contributed by atoms with Gasteiger partial charge in [0.2, 0.25) is 0 Å². The number of aryl methyl sites for hydroxylation is 2. The van der Waals surface area contributed by atoms with Gasteiger partial charge in [0, 0.05) is 17.2 Å². The number of aromatic nitrogens is 1. The summed E-state index contributed by atoms with van der Waals surface area (Å²) in [6, 6.07) is 24.5. The Morgan fingerprint density at radius 3 is 2.64 bits per heavy atom. The van der Waals surface area contributed by atoms with Crippen LogP contribution in [0.5, 0.6) is 5.75 Å². The summed E-state index contributed by atoms with van der Waals surface area (Å²) in [6.45, 7) is 1.90. The molecular weight excluding hydrogens is 548 g/mol. The van der Waals surface area contributed by atoms with E-state index < -0.39 is 5.97 Å². The topological polar surface area (TPSA) is 94.0 Å². The van der Waals surface area contributed by atoms with Crippen molar-refractivity contribution >= 4 is 29.1 Å². The molecule has 1 atom stereocenters. The Hall–Kier alpha value is -4.95. The lowest BCUT2D eigenvalue weighted by Gasteiger charge is -2.30. The quantitative estimate of drug-likeness (QED) is 0.295. The number of aromatic carboxylic acids is 1. The van der Waals surface area contributed by atoms with E-state index in [1.54, 1.807) is 48.1 Å². The van der Waals surface area contributed by atoms with Gasteiger partial charge in [-0.05, 0) is 78.4 Å². The number of carboxylic acids is 1. The van der Waals surface area contributed by atoms with Crippen LogP contribution in [-0.2, 0) is 6.42 Å². The molecule has 208 valence electrons. The number of hydrogen-bond acceptors (Lipinski definition) is 6. The van der Waals surface area contributed by atoms with Crippen molar-refractivity contribution in [2.45, 2.75) is 25.8 Å². The molecule has 2 aliphatic rings. The lowest BCUT2D eigenvalue weighted by molar-refractivity contribution is 0.0697. The van der Waals surface area contributed by atoms with E-state index in [0.717, 1.165) is 46.6 Å². The number of nitrogens with zero attached hydrogens (tertiary/aromatic N) is 2. The highest BCUT2D eigenvalue weighted by atomic mass is 32.1. The maximum Gasteiger partial charge on any atom is 0.335 e. The number of benzene rings is 3. The number of rotatable bonds is 5. The number of methoxy groups -OCH3 is 1. The fourth-order valence-corrected chi connectivity index (χ4v) is 6.81. The average Bonchev–Trinajstić information content (AvgIpc) is 3.60. The monoisotopic (exact) mass is 574 g/mol. The lowest BCUT2D eigenvalue weighted by Crippen LogP contribution is -2.38. The second-order valence-electron chi connectivity index (χ2n) is 10.4. The number of fused-ring (bicyclic) bond motifs is 3. The Morgan fingerprint density at radius 1 is 1.05 bits per heavy atom. The molecule has 2 aromatic heterocycles. The zero-order valence-corrected chi connectivity index (χ0v) is 23.8. The number of carboxylic acid groups (broad SMARTS) is 1. The largest absolute Gasteiger partial charge is 0.497 e. The van der Waals surface area contributed by atoms with E-state index in [-0.39, 0.29) is 17.2 Å². The third-order valence-electron chi connectivity index (χ3n) is 7.95. The Morgan fingerprint density at radius 2 is 1.86 bits per heavy atom. The van der Waals surface area contributed by atoms with Crippen LogP contribution in [0.4, 0.5) is 0 Å². The molecule has 8 heteroatoms. The first-order valence-electron chi connectivity index (χ1n) is 13.6. The van der Waals surface area contributed by atoms with Gasteiger partial charge in [-0.3, -0.25) is 9.36 Å². The lowest BCUT2D eigenvalue weighted by atomic mass is 9.83. The molecule has 1 aliphatic heterocycles. The van der Waals surface area contributed by atoms with Gasteiger partial charge in [-0.1, -0.05) is 53.8 Å². The molecule has 0 amide bonds. The Balaban J connectivity index is 1.37. The summed E-state index contributed by atoms with van der Waals surface area (Å²) in [5, 5.41) is 9.43. The fraction of sp³-hybridized carbons (Fsp3) is 0.147. The molecular formula is C34H26N2O5S. The SMILES string of the molecule is COc1ccc([C@H]2C3=C(N=c4sc(=Cc5ccc(-c6cc(C(=O)O)ccc6C)o5)c(=O)n42)c2ccccc2CC3)cc1. The van der Waals surface area contributed by atoms with Crippen LogP contribution in [0.25, 0.3) is 23.1 Å². The fourth-order valence-electron chi connectivity index (χ4n) is 5.83. The minimum atomic E-state index is -0.999. The number of allylic oxidation sites excluding steroid dienone is 1. The standard InChI is InChI=1S/C34H26N2O5S/c1-19-7-8-22(33(38)39)17-27(19)28-16-14-24(41-28)18-29-32(37)36-31(21-9-12-23(40-2)13-10-21)26-15-11-20-5-3-4-6-25(20)30(26)35-34(36)42-29/h3-10,12-14,16-18,31H,11,15H2,1-2H3,(H,38,39)/t31-/m0/s1. The minimum Gasteiger partial charge on any atom is -0.497 e. The first kappa shape index (κ1) is 26.0. The Kier molecular flexibility index (Phi) is 6.28. The maximum atomic E-state index is 14.0. The van der Waals surface area contributed by atoms with Gasteiger partial charge < -0.3 is 14.3 Å². The summed E-state index contributed by atoms with van der Waals surface area (Å²) < 4.78 is 13.8. The summed E-state index contributed by atoms with van der Waals surface area (Å²) in [7, 11) is 1.64. The van der Waals surface area contributed by atoms with Crippen LogP contribution in [0, 0.1) is 6.92 Å². The molecule has 0 radical (unpaired) electrons. The maximum absolute atomic E-state index is 14.0. The van der Waals surface area contributed by atoms with Crippen LogP contribution >= 0.6 is 11.3 Å². The van der Waals surface area contributed by atoms with Crippen LogP contribution in [0.15, 0.2) is 98.6 Å². The van der Waals surface area contributed by atoms with Crippen molar-refractivity contribution < 1.29 is 19.1 Å². The molecule has 7 rings (SSSR count). The number of furan rings is 1. The Bertz CT molecular complexity index is 2100. The Labute approximate surface area is 245 Å². The highest BCUT2D eigenvalue weighted by Gasteiger charge is 2.32. The smallest absolute Gasteiger partial charge is 0.335 e.